The van der Waals surface area contributed by atoms with E-state index in [1.807, 2.05) is 12.3 Å². The smallest absolute Gasteiger partial charge is 0.318 e. The molecule has 1 amide bonds. The summed E-state index contributed by atoms with van der Waals surface area (Å²) in [6.07, 6.45) is 0. The van der Waals surface area contributed by atoms with Crippen molar-refractivity contribution in [2.75, 3.05) is 0 Å². The zero-order valence-electron chi connectivity index (χ0n) is 9.40. The van der Waals surface area contributed by atoms with Crippen molar-refractivity contribution in [2.45, 2.75) is 27.3 Å². The van der Waals surface area contributed by atoms with Crippen molar-refractivity contribution in [3.63, 3.8) is 0 Å². The van der Waals surface area contributed by atoms with E-state index < -0.39 is 17.3 Å². The molecule has 5 nitrogen and oxygen atoms in total. The zero-order chi connectivity index (χ0) is 12.3. The predicted octanol–water partition coefficient (Wildman–Crippen LogP) is 1.18. The molecule has 0 spiro atoms. The van der Waals surface area contributed by atoms with Crippen molar-refractivity contribution < 1.29 is 14.7 Å². The van der Waals surface area contributed by atoms with Crippen molar-refractivity contribution in [2.24, 2.45) is 5.41 Å². The van der Waals surface area contributed by atoms with Crippen LogP contribution < -0.4 is 5.32 Å². The van der Waals surface area contributed by atoms with Gasteiger partial charge in [-0.3, -0.25) is 9.59 Å². The fourth-order valence-corrected chi connectivity index (χ4v) is 1.59. The summed E-state index contributed by atoms with van der Waals surface area (Å²) in [4.78, 5) is 26.5. The molecule has 1 aromatic rings. The van der Waals surface area contributed by atoms with Crippen LogP contribution in [0.5, 0.6) is 0 Å². The minimum Gasteiger partial charge on any atom is -0.480 e. The van der Waals surface area contributed by atoms with Gasteiger partial charge in [-0.15, -0.1) is 11.3 Å². The number of carbonyl (C=O) groups excluding carboxylic acids is 1. The molecule has 0 saturated heterocycles. The second-order valence-electron chi connectivity index (χ2n) is 3.97. The fourth-order valence-electron chi connectivity index (χ4n) is 0.978. The molecule has 0 fully saturated rings. The first kappa shape index (κ1) is 12.6. The van der Waals surface area contributed by atoms with Gasteiger partial charge < -0.3 is 10.4 Å². The van der Waals surface area contributed by atoms with Gasteiger partial charge in [-0.05, 0) is 20.8 Å². The van der Waals surface area contributed by atoms with Crippen LogP contribution >= 0.6 is 11.3 Å². The maximum Gasteiger partial charge on any atom is 0.318 e. The van der Waals surface area contributed by atoms with E-state index >= 15 is 0 Å². The lowest BCUT2D eigenvalue weighted by Crippen LogP contribution is -2.42. The second kappa shape index (κ2) is 4.61. The Bertz CT molecular complexity index is 412. The minimum absolute atomic E-state index is 0.264. The van der Waals surface area contributed by atoms with Gasteiger partial charge in [-0.25, -0.2) is 4.98 Å². The van der Waals surface area contributed by atoms with Gasteiger partial charge in [0, 0.05) is 5.38 Å². The number of nitrogens with one attached hydrogen (secondary N) is 1. The quantitative estimate of drug-likeness (QED) is 0.777. The summed E-state index contributed by atoms with van der Waals surface area (Å²) in [6.45, 7) is 4.88. The van der Waals surface area contributed by atoms with Crippen LogP contribution in [0, 0.1) is 12.3 Å². The molecule has 1 aromatic heterocycles. The molecule has 0 radical (unpaired) electrons. The molecule has 0 aliphatic carbocycles. The van der Waals surface area contributed by atoms with E-state index in [0.29, 0.717) is 0 Å². The third-order valence-electron chi connectivity index (χ3n) is 2.20. The lowest BCUT2D eigenvalue weighted by atomic mass is 9.93. The van der Waals surface area contributed by atoms with E-state index in [4.69, 9.17) is 5.11 Å². The Balaban J connectivity index is 2.56. The van der Waals surface area contributed by atoms with Crippen molar-refractivity contribution in [3.8, 4) is 0 Å². The average Bonchev–Trinajstić information content (AvgIpc) is 2.60. The van der Waals surface area contributed by atoms with Crippen LogP contribution in [0.1, 0.15) is 24.5 Å². The van der Waals surface area contributed by atoms with E-state index in [-0.39, 0.29) is 6.54 Å². The summed E-state index contributed by atoms with van der Waals surface area (Å²) in [5.41, 5.74) is -0.664. The highest BCUT2D eigenvalue weighted by atomic mass is 32.1. The molecule has 1 rings (SSSR count). The number of rotatable bonds is 4. The molecule has 6 heteroatoms. The van der Waals surface area contributed by atoms with Crippen LogP contribution in [-0.4, -0.2) is 22.0 Å². The number of carboxylic acids is 1. The maximum absolute atomic E-state index is 11.6. The predicted molar refractivity (Wildman–Crippen MR) is 60.1 cm³/mol. The molecule has 0 saturated carbocycles. The summed E-state index contributed by atoms with van der Waals surface area (Å²) in [7, 11) is 0. The van der Waals surface area contributed by atoms with Crippen LogP contribution in [-0.2, 0) is 16.1 Å². The number of nitrogens with zero attached hydrogens (tertiary/aromatic N) is 1. The lowest BCUT2D eigenvalue weighted by Gasteiger charge is -2.17. The maximum atomic E-state index is 11.6. The van der Waals surface area contributed by atoms with Gasteiger partial charge in [0.25, 0.3) is 0 Å². The summed E-state index contributed by atoms with van der Waals surface area (Å²) in [6, 6.07) is 0. The molecule has 0 aromatic carbocycles. The number of carboxylic acid groups (broad SMARTS) is 1. The molecular weight excluding hydrogens is 228 g/mol. The number of aliphatic carboxylic acids is 1. The van der Waals surface area contributed by atoms with Gasteiger partial charge in [0.2, 0.25) is 5.91 Å². The van der Waals surface area contributed by atoms with E-state index in [2.05, 4.69) is 10.3 Å². The largest absolute Gasteiger partial charge is 0.480 e. The number of aryl methyl sites for hydroxylation is 1. The Labute approximate surface area is 97.5 Å². The Kier molecular flexibility index (Phi) is 3.64. The monoisotopic (exact) mass is 242 g/mol. The van der Waals surface area contributed by atoms with Gasteiger partial charge >= 0.3 is 5.97 Å². The third kappa shape index (κ3) is 2.79. The number of aromatic nitrogens is 1. The zero-order valence-corrected chi connectivity index (χ0v) is 10.2. The standard InChI is InChI=1S/C10H14N2O3S/c1-6-12-7(5-16-6)4-11-8(13)10(2,3)9(14)15/h5H,4H2,1-3H3,(H,11,13)(H,14,15). The van der Waals surface area contributed by atoms with Crippen LogP contribution in [0.15, 0.2) is 5.38 Å². The van der Waals surface area contributed by atoms with E-state index in [1.54, 1.807) is 0 Å². The van der Waals surface area contributed by atoms with Crippen molar-refractivity contribution >= 4 is 23.2 Å². The first-order valence-electron chi connectivity index (χ1n) is 4.76. The lowest BCUT2D eigenvalue weighted by molar-refractivity contribution is -0.153. The SMILES string of the molecule is Cc1nc(CNC(=O)C(C)(C)C(=O)O)cs1. The number of amides is 1. The molecule has 0 aliphatic rings. The Hall–Kier alpha value is -1.43. The topological polar surface area (TPSA) is 79.3 Å². The van der Waals surface area contributed by atoms with Crippen LogP contribution in [0.3, 0.4) is 0 Å². The van der Waals surface area contributed by atoms with Gasteiger partial charge in [0.1, 0.15) is 5.41 Å². The fraction of sp³-hybridized carbons (Fsp3) is 0.500. The Morgan fingerprint density at radius 3 is 2.62 bits per heavy atom. The van der Waals surface area contributed by atoms with E-state index in [1.165, 1.54) is 25.2 Å². The number of hydrogen-bond acceptors (Lipinski definition) is 4. The highest BCUT2D eigenvalue weighted by Gasteiger charge is 2.35. The summed E-state index contributed by atoms with van der Waals surface area (Å²) in [5, 5.41) is 14.2. The number of hydrogen-bond donors (Lipinski definition) is 2. The normalized spacial score (nSPS) is 11.2. The first-order chi connectivity index (χ1) is 7.34. The summed E-state index contributed by atoms with van der Waals surface area (Å²) >= 11 is 1.49. The molecule has 1 heterocycles. The van der Waals surface area contributed by atoms with Crippen LogP contribution in [0.25, 0.3) is 0 Å². The highest BCUT2D eigenvalue weighted by Crippen LogP contribution is 2.15. The molecule has 0 aliphatic heterocycles. The third-order valence-corrected chi connectivity index (χ3v) is 3.02. The Morgan fingerprint density at radius 2 is 2.19 bits per heavy atom. The molecule has 16 heavy (non-hydrogen) atoms. The second-order valence-corrected chi connectivity index (χ2v) is 5.03. The molecule has 0 unspecified atom stereocenters. The van der Waals surface area contributed by atoms with Gasteiger partial charge in [-0.2, -0.15) is 0 Å². The van der Waals surface area contributed by atoms with Gasteiger partial charge in [0.05, 0.1) is 17.2 Å². The molecule has 88 valence electrons. The summed E-state index contributed by atoms with van der Waals surface area (Å²) in [5.74, 6) is -1.65. The van der Waals surface area contributed by atoms with Crippen LogP contribution in [0.2, 0.25) is 0 Å². The molecule has 0 bridgehead atoms. The number of carbonyl (C=O) groups is 2. The average molecular weight is 242 g/mol. The number of thiazole rings is 1. The summed E-state index contributed by atoms with van der Waals surface area (Å²) < 4.78 is 0. The van der Waals surface area contributed by atoms with Crippen molar-refractivity contribution in [3.05, 3.63) is 16.1 Å². The van der Waals surface area contributed by atoms with E-state index in [0.717, 1.165) is 10.7 Å². The minimum atomic E-state index is -1.41. The first-order valence-corrected chi connectivity index (χ1v) is 5.64. The van der Waals surface area contributed by atoms with Crippen molar-refractivity contribution in [1.29, 1.82) is 0 Å². The van der Waals surface area contributed by atoms with E-state index in [9.17, 15) is 9.59 Å². The van der Waals surface area contributed by atoms with Crippen molar-refractivity contribution in [1.82, 2.24) is 10.3 Å². The van der Waals surface area contributed by atoms with Crippen LogP contribution in [0.4, 0.5) is 0 Å². The molecular formula is C10H14N2O3S. The molecule has 2 N–H and O–H groups in total. The van der Waals surface area contributed by atoms with Gasteiger partial charge in [-0.1, -0.05) is 0 Å². The van der Waals surface area contributed by atoms with Gasteiger partial charge in [0.15, 0.2) is 0 Å². The Morgan fingerprint density at radius 1 is 1.56 bits per heavy atom. The molecule has 0 atom stereocenters. The highest BCUT2D eigenvalue weighted by molar-refractivity contribution is 7.09.